The Hall–Kier alpha value is -1.98. The van der Waals surface area contributed by atoms with Crippen molar-refractivity contribution in [1.29, 1.82) is 0 Å². The number of piperazine rings is 1. The second-order valence-electron chi connectivity index (χ2n) is 7.61. The number of aliphatic hydroxyl groups is 1. The number of aliphatic hydroxyl groups excluding tert-OH is 1. The van der Waals surface area contributed by atoms with Gasteiger partial charge in [-0.25, -0.2) is 0 Å². The lowest BCUT2D eigenvalue weighted by Crippen LogP contribution is -2.49. The molecule has 1 N–H and O–H groups in total. The van der Waals surface area contributed by atoms with Crippen molar-refractivity contribution in [3.63, 3.8) is 0 Å². The van der Waals surface area contributed by atoms with Crippen LogP contribution in [0.15, 0.2) is 30.3 Å². The van der Waals surface area contributed by atoms with Gasteiger partial charge in [0.25, 0.3) is 5.09 Å². The van der Waals surface area contributed by atoms with Gasteiger partial charge in [0.2, 0.25) is 0 Å². The van der Waals surface area contributed by atoms with Crippen molar-refractivity contribution in [3.05, 3.63) is 40.4 Å². The molecule has 0 aliphatic carbocycles. The zero-order chi connectivity index (χ0) is 20.2. The average molecular weight is 409 g/mol. The molecule has 1 aromatic carbocycles. The Bertz CT molecular complexity index is 671. The number of hydrogen-bond acceptors (Lipinski definition) is 9. The lowest BCUT2D eigenvalue weighted by atomic mass is 10.1. The van der Waals surface area contributed by atoms with E-state index < -0.39 is 29.5 Å². The highest BCUT2D eigenvalue weighted by atomic mass is 17.0. The van der Waals surface area contributed by atoms with E-state index in [-0.39, 0.29) is 25.9 Å². The monoisotopic (exact) mass is 409 g/mol. The van der Waals surface area contributed by atoms with E-state index in [2.05, 4.69) is 26.8 Å². The molecule has 29 heavy (non-hydrogen) atoms. The summed E-state index contributed by atoms with van der Waals surface area (Å²) in [6.45, 7) is 4.68. The maximum absolute atomic E-state index is 10.5. The Kier molecular flexibility index (Phi) is 6.46. The molecule has 3 aliphatic rings. The molecule has 0 bridgehead atoms. The van der Waals surface area contributed by atoms with E-state index >= 15 is 0 Å². The van der Waals surface area contributed by atoms with Crippen LogP contribution in [0.3, 0.4) is 0 Å². The highest BCUT2D eigenvalue weighted by molar-refractivity contribution is 5.46. The van der Waals surface area contributed by atoms with Crippen LogP contribution in [0.1, 0.15) is 0 Å². The van der Waals surface area contributed by atoms with Crippen molar-refractivity contribution in [2.24, 2.45) is 0 Å². The Balaban J connectivity index is 1.17. The van der Waals surface area contributed by atoms with Crippen LogP contribution in [0.2, 0.25) is 0 Å². The van der Waals surface area contributed by atoms with Crippen molar-refractivity contribution >= 4 is 5.69 Å². The first-order valence-corrected chi connectivity index (χ1v) is 9.96. The van der Waals surface area contributed by atoms with Crippen molar-refractivity contribution in [2.75, 3.05) is 57.4 Å². The van der Waals surface area contributed by atoms with Crippen LogP contribution in [0.5, 0.6) is 0 Å². The number of β-amino-alcohol motifs (C(OH)–C–C–N with tert-alkyl or cyclic N) is 1. The van der Waals surface area contributed by atoms with Gasteiger partial charge in [0.15, 0.2) is 6.10 Å². The van der Waals surface area contributed by atoms with E-state index in [0.29, 0.717) is 6.54 Å². The summed E-state index contributed by atoms with van der Waals surface area (Å²) in [7, 11) is 0. The predicted molar refractivity (Wildman–Crippen MR) is 102 cm³/mol. The van der Waals surface area contributed by atoms with Crippen molar-refractivity contribution in [2.45, 2.75) is 30.5 Å². The van der Waals surface area contributed by atoms with Gasteiger partial charge in [0, 0.05) is 38.4 Å². The molecular formula is C19H27N3O7. The standard InChI is InChI=1S/C19H27N3O7/c23-15(10-20-6-8-21(9-7-20)14-4-2-1-3-5-14)11-26-16-12-27-19-17(29-22(24)25)13-28-18(16)19/h1-5,15-19,23H,6-13H2/t15?,16-,17+,18+,19+/m0/s1. The number of anilines is 1. The van der Waals surface area contributed by atoms with Crippen LogP contribution in [0.4, 0.5) is 5.69 Å². The number of rotatable bonds is 8. The molecule has 5 atom stereocenters. The van der Waals surface area contributed by atoms with Crippen molar-refractivity contribution in [3.8, 4) is 0 Å². The van der Waals surface area contributed by atoms with Gasteiger partial charge in [-0.2, -0.15) is 0 Å². The molecule has 0 amide bonds. The van der Waals surface area contributed by atoms with Gasteiger partial charge in [0.1, 0.15) is 18.3 Å². The maximum Gasteiger partial charge on any atom is 0.294 e. The fourth-order valence-electron chi connectivity index (χ4n) is 4.19. The van der Waals surface area contributed by atoms with Gasteiger partial charge in [-0.05, 0) is 12.1 Å². The zero-order valence-electron chi connectivity index (χ0n) is 16.2. The summed E-state index contributed by atoms with van der Waals surface area (Å²) in [5.74, 6) is 0. The highest BCUT2D eigenvalue weighted by Gasteiger charge is 2.50. The highest BCUT2D eigenvalue weighted by Crippen LogP contribution is 2.30. The molecule has 0 radical (unpaired) electrons. The Morgan fingerprint density at radius 3 is 2.45 bits per heavy atom. The third kappa shape index (κ3) is 4.96. The van der Waals surface area contributed by atoms with Gasteiger partial charge in [-0.1, -0.05) is 18.2 Å². The maximum atomic E-state index is 10.5. The number of para-hydroxylation sites is 1. The van der Waals surface area contributed by atoms with Crippen molar-refractivity contribution in [1.82, 2.24) is 4.90 Å². The lowest BCUT2D eigenvalue weighted by Gasteiger charge is -2.37. The molecule has 0 spiro atoms. The summed E-state index contributed by atoms with van der Waals surface area (Å²) in [5.41, 5.74) is 1.22. The minimum absolute atomic E-state index is 0.102. The van der Waals surface area contributed by atoms with Crippen LogP contribution in [-0.4, -0.2) is 98.2 Å². The third-order valence-electron chi connectivity index (χ3n) is 5.65. The Morgan fingerprint density at radius 2 is 1.76 bits per heavy atom. The molecule has 4 rings (SSSR count). The lowest BCUT2D eigenvalue weighted by molar-refractivity contribution is -0.769. The van der Waals surface area contributed by atoms with E-state index in [0.717, 1.165) is 26.2 Å². The molecule has 10 heteroatoms. The molecule has 10 nitrogen and oxygen atoms in total. The van der Waals surface area contributed by atoms with E-state index in [1.807, 2.05) is 18.2 Å². The van der Waals surface area contributed by atoms with Gasteiger partial charge in [-0.15, -0.1) is 10.1 Å². The van der Waals surface area contributed by atoms with Gasteiger partial charge in [-0.3, -0.25) is 4.90 Å². The molecule has 0 saturated carbocycles. The summed E-state index contributed by atoms with van der Waals surface area (Å²) in [5, 5.41) is 20.1. The molecule has 3 saturated heterocycles. The molecule has 1 aromatic rings. The molecule has 160 valence electrons. The second-order valence-corrected chi connectivity index (χ2v) is 7.61. The molecule has 3 aliphatic heterocycles. The smallest absolute Gasteiger partial charge is 0.294 e. The Labute approximate surface area is 169 Å². The van der Waals surface area contributed by atoms with Crippen LogP contribution < -0.4 is 4.90 Å². The molecule has 3 fully saturated rings. The van der Waals surface area contributed by atoms with Crippen molar-refractivity contribution < 1.29 is 29.2 Å². The molecular weight excluding hydrogens is 382 g/mol. The summed E-state index contributed by atoms with van der Waals surface area (Å²) >= 11 is 0. The Morgan fingerprint density at radius 1 is 1.10 bits per heavy atom. The average Bonchev–Trinajstić information content (AvgIpc) is 3.30. The van der Waals surface area contributed by atoms with Crippen LogP contribution in [-0.2, 0) is 19.0 Å². The number of fused-ring (bicyclic) bond motifs is 1. The van der Waals surface area contributed by atoms with Gasteiger partial charge in [0.05, 0.1) is 25.9 Å². The van der Waals surface area contributed by atoms with Gasteiger partial charge >= 0.3 is 0 Å². The quantitative estimate of drug-likeness (QED) is 0.466. The van der Waals surface area contributed by atoms with E-state index in [1.165, 1.54) is 5.69 Å². The zero-order valence-corrected chi connectivity index (χ0v) is 16.2. The molecule has 3 heterocycles. The summed E-state index contributed by atoms with van der Waals surface area (Å²) < 4.78 is 16.9. The van der Waals surface area contributed by atoms with Gasteiger partial charge < -0.3 is 29.1 Å². The fourth-order valence-corrected chi connectivity index (χ4v) is 4.19. The molecule has 1 unspecified atom stereocenters. The minimum atomic E-state index is -0.824. The summed E-state index contributed by atoms with van der Waals surface area (Å²) in [6, 6.07) is 10.3. The van der Waals surface area contributed by atoms with Crippen LogP contribution >= 0.6 is 0 Å². The minimum Gasteiger partial charge on any atom is -0.389 e. The SMILES string of the molecule is O=[N+]([O-])O[C@@H]1CO[C@H]2[C@@H]1OC[C@@H]2OCC(O)CN1CCN(c2ccccc2)CC1. The van der Waals surface area contributed by atoms with E-state index in [4.69, 9.17) is 14.2 Å². The first-order valence-electron chi connectivity index (χ1n) is 9.96. The third-order valence-corrected chi connectivity index (χ3v) is 5.65. The van der Waals surface area contributed by atoms with Crippen LogP contribution in [0, 0.1) is 10.1 Å². The first kappa shape index (κ1) is 20.3. The predicted octanol–water partition coefficient (Wildman–Crippen LogP) is -0.0708. The normalized spacial score (nSPS) is 30.9. The second kappa shape index (κ2) is 9.23. The molecule has 0 aromatic heterocycles. The summed E-state index contributed by atoms with van der Waals surface area (Å²) in [4.78, 5) is 19.7. The fraction of sp³-hybridized carbons (Fsp3) is 0.684. The number of nitrogens with zero attached hydrogens (tertiary/aromatic N) is 3. The number of hydrogen-bond donors (Lipinski definition) is 1. The van der Waals surface area contributed by atoms with E-state index in [1.54, 1.807) is 0 Å². The van der Waals surface area contributed by atoms with E-state index in [9.17, 15) is 15.2 Å². The topological polar surface area (TPSA) is 107 Å². The van der Waals surface area contributed by atoms with Crippen LogP contribution in [0.25, 0.3) is 0 Å². The first-order chi connectivity index (χ1) is 14.1. The largest absolute Gasteiger partial charge is 0.389 e. The number of ether oxygens (including phenoxy) is 3. The summed E-state index contributed by atoms with van der Waals surface area (Å²) in [6.07, 6.45) is -2.61. The number of benzene rings is 1.